The lowest BCUT2D eigenvalue weighted by Gasteiger charge is -2.06. The number of aromatic amines is 1. The smallest absolute Gasteiger partial charge is 0.231 e. The molecule has 0 atom stereocenters. The first-order valence-electron chi connectivity index (χ1n) is 5.13. The van der Waals surface area contributed by atoms with Crippen LogP contribution >= 0.6 is 11.6 Å². The Morgan fingerprint density at radius 1 is 1.41 bits per heavy atom. The zero-order chi connectivity index (χ0) is 11.7. The summed E-state index contributed by atoms with van der Waals surface area (Å²) in [5.74, 6) is 1.32. The Labute approximate surface area is 103 Å². The van der Waals surface area contributed by atoms with Crippen molar-refractivity contribution in [1.82, 2.24) is 10.2 Å². The van der Waals surface area contributed by atoms with Gasteiger partial charge in [-0.1, -0.05) is 11.6 Å². The van der Waals surface area contributed by atoms with Gasteiger partial charge in [-0.05, 0) is 17.7 Å². The van der Waals surface area contributed by atoms with E-state index < -0.39 is 0 Å². The Morgan fingerprint density at radius 2 is 2.35 bits per heavy atom. The van der Waals surface area contributed by atoms with Crippen molar-refractivity contribution < 1.29 is 9.47 Å². The van der Waals surface area contributed by atoms with Gasteiger partial charge in [0.25, 0.3) is 0 Å². The first kappa shape index (κ1) is 10.3. The highest BCUT2D eigenvalue weighted by atomic mass is 35.5. The maximum Gasteiger partial charge on any atom is 0.231 e. The third-order valence-corrected chi connectivity index (χ3v) is 2.76. The summed E-state index contributed by atoms with van der Waals surface area (Å²) in [6.07, 6.45) is 3.50. The molecular weight excluding hydrogens is 242 g/mol. The molecule has 0 bridgehead atoms. The van der Waals surface area contributed by atoms with Gasteiger partial charge >= 0.3 is 0 Å². The quantitative estimate of drug-likeness (QED) is 0.880. The molecule has 2 aromatic rings. The zero-order valence-electron chi connectivity index (χ0n) is 8.87. The summed E-state index contributed by atoms with van der Waals surface area (Å²) >= 11 is 6.08. The minimum Gasteiger partial charge on any atom is -0.454 e. The minimum atomic E-state index is 0.230. The van der Waals surface area contributed by atoms with Gasteiger partial charge < -0.3 is 14.8 Å². The predicted octanol–water partition coefficient (Wildman–Crippen LogP) is 2.40. The summed E-state index contributed by atoms with van der Waals surface area (Å²) in [4.78, 5) is 0. The van der Waals surface area contributed by atoms with Crippen molar-refractivity contribution in [1.29, 1.82) is 0 Å². The topological polar surface area (TPSA) is 59.2 Å². The molecule has 1 aliphatic rings. The molecule has 0 saturated carbocycles. The summed E-state index contributed by atoms with van der Waals surface area (Å²) < 4.78 is 10.5. The fourth-order valence-corrected chi connectivity index (χ4v) is 1.96. The van der Waals surface area contributed by atoms with Crippen LogP contribution < -0.4 is 14.8 Å². The summed E-state index contributed by atoms with van der Waals surface area (Å²) in [5, 5.41) is 10.4. The molecule has 0 radical (unpaired) electrons. The van der Waals surface area contributed by atoms with Crippen LogP contribution in [0.4, 0.5) is 5.69 Å². The van der Waals surface area contributed by atoms with Crippen molar-refractivity contribution >= 4 is 17.3 Å². The molecule has 2 N–H and O–H groups in total. The second kappa shape index (κ2) is 4.18. The molecule has 2 heterocycles. The van der Waals surface area contributed by atoms with Gasteiger partial charge in [0.15, 0.2) is 11.5 Å². The number of anilines is 1. The van der Waals surface area contributed by atoms with E-state index in [0.717, 1.165) is 11.3 Å². The average Bonchev–Trinajstić information content (AvgIpc) is 2.97. The Bertz CT molecular complexity index is 528. The molecule has 0 fully saturated rings. The summed E-state index contributed by atoms with van der Waals surface area (Å²) in [5.41, 5.74) is 1.96. The van der Waals surface area contributed by atoms with Crippen LogP contribution in [0.2, 0.25) is 5.02 Å². The van der Waals surface area contributed by atoms with Crippen LogP contribution in [0.5, 0.6) is 11.5 Å². The van der Waals surface area contributed by atoms with Crippen LogP contribution in [0.1, 0.15) is 5.56 Å². The number of ether oxygens (including phenoxy) is 2. The third kappa shape index (κ3) is 2.01. The fraction of sp³-hybridized carbons (Fsp3) is 0.182. The summed E-state index contributed by atoms with van der Waals surface area (Å²) in [6.45, 7) is 0.879. The van der Waals surface area contributed by atoms with Crippen molar-refractivity contribution in [2.24, 2.45) is 0 Å². The second-order valence-corrected chi connectivity index (χ2v) is 4.06. The summed E-state index contributed by atoms with van der Waals surface area (Å²) in [7, 11) is 0. The predicted molar refractivity (Wildman–Crippen MR) is 63.5 cm³/mol. The Hall–Kier alpha value is -1.88. The minimum absolute atomic E-state index is 0.230. The highest BCUT2D eigenvalue weighted by Crippen LogP contribution is 2.39. The van der Waals surface area contributed by atoms with Crippen LogP contribution in [0.3, 0.4) is 0 Å². The standard InChI is InChI=1S/C11H10ClN3O2/c12-9-1-7(2-10-11(9)17-6-16-10)3-13-8-4-14-15-5-8/h1-2,4-5,13H,3,6H2,(H,14,15). The molecule has 17 heavy (non-hydrogen) atoms. The number of H-pyrrole nitrogens is 1. The largest absolute Gasteiger partial charge is 0.454 e. The fourth-order valence-electron chi connectivity index (χ4n) is 1.67. The number of rotatable bonds is 3. The van der Waals surface area contributed by atoms with Gasteiger partial charge in [0.1, 0.15) is 0 Å². The number of benzene rings is 1. The normalized spacial score (nSPS) is 12.8. The van der Waals surface area contributed by atoms with Crippen LogP contribution in [0.15, 0.2) is 24.5 Å². The van der Waals surface area contributed by atoms with Gasteiger partial charge in [-0.25, -0.2) is 0 Å². The molecule has 1 aromatic carbocycles. The Kier molecular flexibility index (Phi) is 2.53. The van der Waals surface area contributed by atoms with E-state index in [2.05, 4.69) is 15.5 Å². The molecule has 1 aliphatic heterocycles. The number of nitrogens with one attached hydrogen (secondary N) is 2. The molecule has 1 aromatic heterocycles. The van der Waals surface area contributed by atoms with Crippen molar-refractivity contribution in [3.8, 4) is 11.5 Å². The van der Waals surface area contributed by atoms with Crippen molar-refractivity contribution in [3.63, 3.8) is 0 Å². The molecule has 0 spiro atoms. The van der Waals surface area contributed by atoms with Gasteiger partial charge in [0, 0.05) is 12.7 Å². The molecule has 0 amide bonds. The van der Waals surface area contributed by atoms with Crippen molar-refractivity contribution in [3.05, 3.63) is 35.1 Å². The van der Waals surface area contributed by atoms with Crippen LogP contribution in [-0.4, -0.2) is 17.0 Å². The van der Waals surface area contributed by atoms with Crippen LogP contribution in [-0.2, 0) is 6.54 Å². The van der Waals surface area contributed by atoms with E-state index >= 15 is 0 Å². The number of halogens is 1. The number of aromatic nitrogens is 2. The van der Waals surface area contributed by atoms with Gasteiger partial charge in [0.05, 0.1) is 16.9 Å². The number of nitrogens with zero attached hydrogens (tertiary/aromatic N) is 1. The van der Waals surface area contributed by atoms with E-state index in [9.17, 15) is 0 Å². The van der Waals surface area contributed by atoms with Crippen LogP contribution in [0, 0.1) is 0 Å². The monoisotopic (exact) mass is 251 g/mol. The van der Waals surface area contributed by atoms with E-state index in [-0.39, 0.29) is 6.79 Å². The maximum absolute atomic E-state index is 6.08. The lowest BCUT2D eigenvalue weighted by atomic mass is 10.2. The van der Waals surface area contributed by atoms with E-state index in [1.807, 2.05) is 12.1 Å². The van der Waals surface area contributed by atoms with E-state index in [4.69, 9.17) is 21.1 Å². The number of hydrogen-bond acceptors (Lipinski definition) is 4. The van der Waals surface area contributed by atoms with Crippen molar-refractivity contribution in [2.75, 3.05) is 12.1 Å². The molecule has 0 saturated heterocycles. The van der Waals surface area contributed by atoms with E-state index in [1.54, 1.807) is 12.4 Å². The molecular formula is C11H10ClN3O2. The van der Waals surface area contributed by atoms with E-state index in [0.29, 0.717) is 23.1 Å². The Morgan fingerprint density at radius 3 is 3.18 bits per heavy atom. The Balaban J connectivity index is 1.78. The van der Waals surface area contributed by atoms with Gasteiger partial charge in [-0.15, -0.1) is 0 Å². The number of hydrogen-bond donors (Lipinski definition) is 2. The molecule has 0 unspecified atom stereocenters. The lowest BCUT2D eigenvalue weighted by Crippen LogP contribution is -1.98. The lowest BCUT2D eigenvalue weighted by molar-refractivity contribution is 0.174. The van der Waals surface area contributed by atoms with Crippen molar-refractivity contribution in [2.45, 2.75) is 6.54 Å². The van der Waals surface area contributed by atoms with Gasteiger partial charge in [0.2, 0.25) is 6.79 Å². The highest BCUT2D eigenvalue weighted by molar-refractivity contribution is 6.32. The summed E-state index contributed by atoms with van der Waals surface area (Å²) in [6, 6.07) is 3.78. The second-order valence-electron chi connectivity index (χ2n) is 3.65. The van der Waals surface area contributed by atoms with Gasteiger partial charge in [-0.3, -0.25) is 5.10 Å². The first-order valence-corrected chi connectivity index (χ1v) is 5.51. The number of fused-ring (bicyclic) bond motifs is 1. The first-order chi connectivity index (χ1) is 8.33. The molecule has 3 rings (SSSR count). The van der Waals surface area contributed by atoms with Crippen LogP contribution in [0.25, 0.3) is 0 Å². The average molecular weight is 252 g/mol. The SMILES string of the molecule is Clc1cc(CNc2cn[nH]c2)cc2c1OCO2. The van der Waals surface area contributed by atoms with Gasteiger partial charge in [-0.2, -0.15) is 5.10 Å². The van der Waals surface area contributed by atoms with E-state index in [1.165, 1.54) is 0 Å². The molecule has 88 valence electrons. The highest BCUT2D eigenvalue weighted by Gasteiger charge is 2.18. The third-order valence-electron chi connectivity index (χ3n) is 2.48. The molecule has 0 aliphatic carbocycles. The maximum atomic E-state index is 6.08. The molecule has 5 nitrogen and oxygen atoms in total. The molecule has 6 heteroatoms. The zero-order valence-corrected chi connectivity index (χ0v) is 9.62.